The summed E-state index contributed by atoms with van der Waals surface area (Å²) >= 11 is 0. The van der Waals surface area contributed by atoms with Crippen molar-refractivity contribution in [2.75, 3.05) is 12.8 Å². The van der Waals surface area contributed by atoms with Gasteiger partial charge in [-0.2, -0.15) is 0 Å². The summed E-state index contributed by atoms with van der Waals surface area (Å²) in [4.78, 5) is 0. The van der Waals surface area contributed by atoms with Crippen LogP contribution >= 0.6 is 0 Å². The summed E-state index contributed by atoms with van der Waals surface area (Å²) in [7, 11) is 1.66. The molecule has 0 bridgehead atoms. The Balaban J connectivity index is 2.06. The third-order valence-corrected chi connectivity index (χ3v) is 3.70. The molecular formula is C17H17NO. The number of hydrogen-bond donors (Lipinski definition) is 1. The van der Waals surface area contributed by atoms with Crippen LogP contribution in [0.15, 0.2) is 48.5 Å². The molecule has 0 spiro atoms. The molecule has 0 saturated heterocycles. The SMILES string of the molecule is COc1cc(C2CC=Cc3ccccc32)ccc1N. The molecule has 0 amide bonds. The summed E-state index contributed by atoms with van der Waals surface area (Å²) in [5.41, 5.74) is 10.5. The second-order valence-corrected chi connectivity index (χ2v) is 4.82. The summed E-state index contributed by atoms with van der Waals surface area (Å²) < 4.78 is 5.32. The number of methoxy groups -OCH3 is 1. The normalized spacial score (nSPS) is 17.0. The van der Waals surface area contributed by atoms with Gasteiger partial charge >= 0.3 is 0 Å². The van der Waals surface area contributed by atoms with Gasteiger partial charge in [0.15, 0.2) is 0 Å². The van der Waals surface area contributed by atoms with Gasteiger partial charge in [-0.15, -0.1) is 0 Å². The number of fused-ring (bicyclic) bond motifs is 1. The quantitative estimate of drug-likeness (QED) is 0.823. The third-order valence-electron chi connectivity index (χ3n) is 3.70. The van der Waals surface area contributed by atoms with Crippen molar-refractivity contribution in [3.63, 3.8) is 0 Å². The molecule has 2 nitrogen and oxygen atoms in total. The maximum atomic E-state index is 5.89. The van der Waals surface area contributed by atoms with Crippen molar-refractivity contribution in [1.82, 2.24) is 0 Å². The number of benzene rings is 2. The molecule has 0 saturated carbocycles. The Morgan fingerprint density at radius 1 is 1.16 bits per heavy atom. The van der Waals surface area contributed by atoms with Crippen LogP contribution in [0.1, 0.15) is 29.0 Å². The van der Waals surface area contributed by atoms with Crippen LogP contribution in [0.3, 0.4) is 0 Å². The van der Waals surface area contributed by atoms with E-state index in [1.54, 1.807) is 7.11 Å². The first kappa shape index (κ1) is 11.8. The zero-order chi connectivity index (χ0) is 13.2. The first-order chi connectivity index (χ1) is 9.29. The van der Waals surface area contributed by atoms with Gasteiger partial charge in [0.2, 0.25) is 0 Å². The number of ether oxygens (including phenoxy) is 1. The molecule has 96 valence electrons. The molecule has 0 aromatic heterocycles. The number of anilines is 1. The average Bonchev–Trinajstić information content (AvgIpc) is 2.47. The van der Waals surface area contributed by atoms with E-state index < -0.39 is 0 Å². The van der Waals surface area contributed by atoms with E-state index in [9.17, 15) is 0 Å². The molecule has 1 aliphatic rings. The molecule has 1 atom stereocenters. The van der Waals surface area contributed by atoms with E-state index in [1.807, 2.05) is 6.07 Å². The van der Waals surface area contributed by atoms with Crippen LogP contribution < -0.4 is 10.5 Å². The summed E-state index contributed by atoms with van der Waals surface area (Å²) in [5, 5.41) is 0. The van der Waals surface area contributed by atoms with Gasteiger partial charge in [-0.25, -0.2) is 0 Å². The highest BCUT2D eigenvalue weighted by Gasteiger charge is 2.19. The lowest BCUT2D eigenvalue weighted by molar-refractivity contribution is 0.416. The van der Waals surface area contributed by atoms with Gasteiger partial charge in [0.05, 0.1) is 12.8 Å². The van der Waals surface area contributed by atoms with Crippen molar-refractivity contribution in [3.8, 4) is 5.75 Å². The fourth-order valence-corrected chi connectivity index (χ4v) is 2.70. The zero-order valence-corrected chi connectivity index (χ0v) is 11.0. The topological polar surface area (TPSA) is 35.2 Å². The van der Waals surface area contributed by atoms with Gasteiger partial charge in [-0.1, -0.05) is 42.5 Å². The van der Waals surface area contributed by atoms with E-state index >= 15 is 0 Å². The summed E-state index contributed by atoms with van der Waals surface area (Å²) in [6, 6.07) is 14.6. The Hall–Kier alpha value is -2.22. The lowest BCUT2D eigenvalue weighted by atomic mass is 9.82. The van der Waals surface area contributed by atoms with Crippen LogP contribution in [0.4, 0.5) is 5.69 Å². The Labute approximate surface area is 113 Å². The van der Waals surface area contributed by atoms with E-state index in [0.717, 1.165) is 12.2 Å². The smallest absolute Gasteiger partial charge is 0.142 e. The summed E-state index contributed by atoms with van der Waals surface area (Å²) in [6.45, 7) is 0. The van der Waals surface area contributed by atoms with Gasteiger partial charge in [0, 0.05) is 5.92 Å². The lowest BCUT2D eigenvalue weighted by Crippen LogP contribution is -2.06. The molecule has 1 aliphatic carbocycles. The van der Waals surface area contributed by atoms with Crippen LogP contribution in [0.5, 0.6) is 5.75 Å². The maximum absolute atomic E-state index is 5.89. The highest BCUT2D eigenvalue weighted by Crippen LogP contribution is 2.37. The predicted molar refractivity (Wildman–Crippen MR) is 79.3 cm³/mol. The van der Waals surface area contributed by atoms with Crippen LogP contribution in [0.2, 0.25) is 0 Å². The fraction of sp³-hybridized carbons (Fsp3) is 0.176. The Kier molecular flexibility index (Phi) is 3.00. The number of rotatable bonds is 2. The van der Waals surface area contributed by atoms with Crippen molar-refractivity contribution in [1.29, 1.82) is 0 Å². The molecule has 19 heavy (non-hydrogen) atoms. The largest absolute Gasteiger partial charge is 0.495 e. The Morgan fingerprint density at radius 2 is 2.00 bits per heavy atom. The molecule has 2 aromatic rings. The lowest BCUT2D eigenvalue weighted by Gasteiger charge is -2.22. The average molecular weight is 251 g/mol. The van der Waals surface area contributed by atoms with Crippen molar-refractivity contribution < 1.29 is 4.74 Å². The zero-order valence-electron chi connectivity index (χ0n) is 11.0. The van der Waals surface area contributed by atoms with E-state index in [2.05, 4.69) is 48.6 Å². The van der Waals surface area contributed by atoms with E-state index in [0.29, 0.717) is 11.6 Å². The van der Waals surface area contributed by atoms with Gasteiger partial charge in [-0.05, 0) is 35.2 Å². The molecule has 0 aliphatic heterocycles. The minimum atomic E-state index is 0.385. The van der Waals surface area contributed by atoms with Gasteiger partial charge < -0.3 is 10.5 Å². The number of allylic oxidation sites excluding steroid dienone is 1. The Morgan fingerprint density at radius 3 is 2.84 bits per heavy atom. The molecule has 2 aromatic carbocycles. The van der Waals surface area contributed by atoms with Gasteiger partial charge in [-0.3, -0.25) is 0 Å². The second-order valence-electron chi connectivity index (χ2n) is 4.82. The number of nitrogen functional groups attached to an aromatic ring is 1. The monoisotopic (exact) mass is 251 g/mol. The number of hydrogen-bond acceptors (Lipinski definition) is 2. The van der Waals surface area contributed by atoms with Crippen LogP contribution in [0, 0.1) is 0 Å². The molecule has 0 heterocycles. The number of nitrogens with two attached hydrogens (primary N) is 1. The first-order valence-electron chi connectivity index (χ1n) is 6.48. The highest BCUT2D eigenvalue weighted by atomic mass is 16.5. The molecule has 2 heteroatoms. The van der Waals surface area contributed by atoms with Crippen LogP contribution in [0.25, 0.3) is 6.08 Å². The van der Waals surface area contributed by atoms with E-state index in [4.69, 9.17) is 10.5 Å². The molecule has 0 fully saturated rings. The standard InChI is InChI=1S/C17H17NO/c1-19-17-11-13(9-10-16(17)18)15-8-4-6-12-5-2-3-7-14(12)15/h2-7,9-11,15H,8,18H2,1H3. The molecule has 1 unspecified atom stereocenters. The first-order valence-corrected chi connectivity index (χ1v) is 6.48. The van der Waals surface area contributed by atoms with Crippen LogP contribution in [-0.2, 0) is 0 Å². The molecule has 2 N–H and O–H groups in total. The second kappa shape index (κ2) is 4.81. The van der Waals surface area contributed by atoms with Crippen molar-refractivity contribution in [2.24, 2.45) is 0 Å². The minimum absolute atomic E-state index is 0.385. The Bertz CT molecular complexity index is 631. The van der Waals surface area contributed by atoms with Gasteiger partial charge in [0.25, 0.3) is 0 Å². The highest BCUT2D eigenvalue weighted by molar-refractivity contribution is 5.61. The summed E-state index contributed by atoms with van der Waals surface area (Å²) in [6.07, 6.45) is 5.44. The van der Waals surface area contributed by atoms with E-state index in [1.165, 1.54) is 16.7 Å². The van der Waals surface area contributed by atoms with E-state index in [-0.39, 0.29) is 0 Å². The van der Waals surface area contributed by atoms with Crippen molar-refractivity contribution >= 4 is 11.8 Å². The summed E-state index contributed by atoms with van der Waals surface area (Å²) in [5.74, 6) is 1.14. The van der Waals surface area contributed by atoms with Crippen molar-refractivity contribution in [2.45, 2.75) is 12.3 Å². The molecule has 0 radical (unpaired) electrons. The molecule has 3 rings (SSSR count). The molecular weight excluding hydrogens is 234 g/mol. The fourth-order valence-electron chi connectivity index (χ4n) is 2.70. The van der Waals surface area contributed by atoms with Crippen LogP contribution in [-0.4, -0.2) is 7.11 Å². The van der Waals surface area contributed by atoms with Gasteiger partial charge in [0.1, 0.15) is 5.75 Å². The predicted octanol–water partition coefficient (Wildman–Crippen LogP) is 3.83. The third kappa shape index (κ3) is 2.10. The van der Waals surface area contributed by atoms with Crippen molar-refractivity contribution in [3.05, 3.63) is 65.2 Å². The maximum Gasteiger partial charge on any atom is 0.142 e. The minimum Gasteiger partial charge on any atom is -0.495 e.